The standard InChI is InChI=1S/C19H26N2O3/c1-23-18-7-3-2-6-16(18)21-11-9-15(19(21)22)20-14-5-4-8-17-13(14)10-12-24-17/h2-3,6-7,13-15,17,20H,4-5,8-12H2,1H3/t13-,14-,15+,17-/m1/s1. The molecule has 1 aromatic carbocycles. The van der Waals surface area contributed by atoms with Crippen LogP contribution in [0.15, 0.2) is 24.3 Å². The smallest absolute Gasteiger partial charge is 0.244 e. The second kappa shape index (κ2) is 6.73. The number of nitrogens with zero attached hydrogens (tertiary/aromatic N) is 1. The minimum atomic E-state index is -0.0840. The van der Waals surface area contributed by atoms with Gasteiger partial charge >= 0.3 is 0 Å². The number of rotatable bonds is 4. The van der Waals surface area contributed by atoms with Crippen LogP contribution in [-0.4, -0.2) is 44.4 Å². The molecule has 5 nitrogen and oxygen atoms in total. The molecule has 24 heavy (non-hydrogen) atoms. The number of benzene rings is 1. The van der Waals surface area contributed by atoms with Gasteiger partial charge in [0.25, 0.3) is 0 Å². The van der Waals surface area contributed by atoms with E-state index in [1.807, 2.05) is 29.2 Å². The van der Waals surface area contributed by atoms with Gasteiger partial charge in [-0.2, -0.15) is 0 Å². The van der Waals surface area contributed by atoms with E-state index < -0.39 is 0 Å². The first kappa shape index (κ1) is 15.9. The second-order valence-corrected chi connectivity index (χ2v) is 7.07. The molecule has 3 aliphatic rings. The highest BCUT2D eigenvalue weighted by Crippen LogP contribution is 2.36. The van der Waals surface area contributed by atoms with Crippen LogP contribution in [-0.2, 0) is 9.53 Å². The number of carbonyl (C=O) groups is 1. The lowest BCUT2D eigenvalue weighted by Gasteiger charge is -2.34. The van der Waals surface area contributed by atoms with E-state index in [1.54, 1.807) is 7.11 Å². The quantitative estimate of drug-likeness (QED) is 0.921. The van der Waals surface area contributed by atoms with Gasteiger partial charge in [0, 0.05) is 25.1 Å². The topological polar surface area (TPSA) is 50.8 Å². The van der Waals surface area contributed by atoms with E-state index in [0.29, 0.717) is 18.1 Å². The first-order valence-electron chi connectivity index (χ1n) is 9.10. The summed E-state index contributed by atoms with van der Waals surface area (Å²) in [6.07, 6.45) is 5.90. The van der Waals surface area contributed by atoms with Crippen molar-refractivity contribution in [1.82, 2.24) is 5.32 Å². The lowest BCUT2D eigenvalue weighted by Crippen LogP contribution is -2.50. The van der Waals surface area contributed by atoms with E-state index in [-0.39, 0.29) is 11.9 Å². The van der Waals surface area contributed by atoms with E-state index in [0.717, 1.165) is 43.9 Å². The van der Waals surface area contributed by atoms with Crippen molar-refractivity contribution in [2.75, 3.05) is 25.2 Å². The zero-order valence-corrected chi connectivity index (χ0v) is 14.2. The second-order valence-electron chi connectivity index (χ2n) is 7.07. The molecule has 0 aromatic heterocycles. The third-order valence-corrected chi connectivity index (χ3v) is 5.78. The summed E-state index contributed by atoms with van der Waals surface area (Å²) in [4.78, 5) is 14.8. The SMILES string of the molecule is COc1ccccc1N1CC[C@H](N[C@@H]2CCC[C@H]3OCC[C@H]23)C1=O. The third kappa shape index (κ3) is 2.80. The number of amides is 1. The summed E-state index contributed by atoms with van der Waals surface area (Å²) >= 11 is 0. The van der Waals surface area contributed by atoms with Crippen LogP contribution < -0.4 is 15.0 Å². The van der Waals surface area contributed by atoms with Crippen molar-refractivity contribution in [1.29, 1.82) is 0 Å². The predicted molar refractivity (Wildman–Crippen MR) is 92.4 cm³/mol. The van der Waals surface area contributed by atoms with Gasteiger partial charge in [-0.15, -0.1) is 0 Å². The third-order valence-electron chi connectivity index (χ3n) is 5.78. The molecule has 130 valence electrons. The van der Waals surface area contributed by atoms with Crippen molar-refractivity contribution in [2.45, 2.75) is 50.3 Å². The number of carbonyl (C=O) groups excluding carboxylic acids is 1. The number of para-hydroxylation sites is 2. The van der Waals surface area contributed by atoms with Gasteiger partial charge in [0.2, 0.25) is 5.91 Å². The van der Waals surface area contributed by atoms with Gasteiger partial charge in [0.15, 0.2) is 0 Å². The molecule has 2 heterocycles. The molecule has 0 bridgehead atoms. The van der Waals surface area contributed by atoms with Gasteiger partial charge in [-0.05, 0) is 44.2 Å². The van der Waals surface area contributed by atoms with E-state index in [2.05, 4.69) is 5.32 Å². The summed E-state index contributed by atoms with van der Waals surface area (Å²) in [5.74, 6) is 1.50. The van der Waals surface area contributed by atoms with Gasteiger partial charge in [-0.25, -0.2) is 0 Å². The summed E-state index contributed by atoms with van der Waals surface area (Å²) in [5, 5.41) is 3.66. The molecule has 0 radical (unpaired) electrons. The summed E-state index contributed by atoms with van der Waals surface area (Å²) in [5.41, 5.74) is 0.875. The molecule has 2 saturated heterocycles. The van der Waals surface area contributed by atoms with Gasteiger partial charge in [0.1, 0.15) is 5.75 Å². The summed E-state index contributed by atoms with van der Waals surface area (Å²) in [6.45, 7) is 1.62. The molecule has 1 aromatic rings. The molecule has 5 heteroatoms. The fraction of sp³-hybridized carbons (Fsp3) is 0.632. The van der Waals surface area contributed by atoms with Crippen LogP contribution in [0.4, 0.5) is 5.69 Å². The molecular formula is C19H26N2O3. The monoisotopic (exact) mass is 330 g/mol. The minimum Gasteiger partial charge on any atom is -0.495 e. The largest absolute Gasteiger partial charge is 0.495 e. The van der Waals surface area contributed by atoms with Crippen molar-refractivity contribution in [2.24, 2.45) is 5.92 Å². The molecule has 3 fully saturated rings. The first-order valence-corrected chi connectivity index (χ1v) is 9.10. The Hall–Kier alpha value is -1.59. The van der Waals surface area contributed by atoms with Crippen molar-refractivity contribution in [3.05, 3.63) is 24.3 Å². The Morgan fingerprint density at radius 2 is 2.08 bits per heavy atom. The Labute approximate surface area is 143 Å². The maximum Gasteiger partial charge on any atom is 0.244 e. The number of anilines is 1. The summed E-state index contributed by atoms with van der Waals surface area (Å²) in [7, 11) is 1.65. The van der Waals surface area contributed by atoms with Crippen LogP contribution in [0.2, 0.25) is 0 Å². The number of fused-ring (bicyclic) bond motifs is 1. The normalized spacial score (nSPS) is 32.9. The highest BCUT2D eigenvalue weighted by atomic mass is 16.5. The van der Waals surface area contributed by atoms with Crippen LogP contribution in [0.3, 0.4) is 0 Å². The molecule has 0 spiro atoms. The molecule has 1 amide bonds. The van der Waals surface area contributed by atoms with Crippen molar-refractivity contribution < 1.29 is 14.3 Å². The van der Waals surface area contributed by atoms with Crippen molar-refractivity contribution >= 4 is 11.6 Å². The number of hydrogen-bond donors (Lipinski definition) is 1. The maximum absolute atomic E-state index is 12.9. The molecule has 4 atom stereocenters. The molecule has 1 aliphatic carbocycles. The van der Waals surface area contributed by atoms with Crippen LogP contribution in [0, 0.1) is 5.92 Å². The van der Waals surface area contributed by atoms with Crippen LogP contribution in [0.25, 0.3) is 0 Å². The van der Waals surface area contributed by atoms with Gasteiger partial charge in [0.05, 0.1) is 24.9 Å². The summed E-state index contributed by atoms with van der Waals surface area (Å²) in [6, 6.07) is 8.08. The number of ether oxygens (including phenoxy) is 2. The molecule has 1 saturated carbocycles. The Bertz CT molecular complexity index is 606. The molecule has 4 rings (SSSR count). The van der Waals surface area contributed by atoms with E-state index >= 15 is 0 Å². The molecule has 1 N–H and O–H groups in total. The van der Waals surface area contributed by atoms with Crippen molar-refractivity contribution in [3.8, 4) is 5.75 Å². The zero-order valence-electron chi connectivity index (χ0n) is 14.2. The average Bonchev–Trinajstić information content (AvgIpc) is 3.23. The Morgan fingerprint density at radius 1 is 1.21 bits per heavy atom. The van der Waals surface area contributed by atoms with E-state index in [9.17, 15) is 4.79 Å². The minimum absolute atomic E-state index is 0.0840. The number of nitrogens with one attached hydrogen (secondary N) is 1. The Morgan fingerprint density at radius 3 is 2.96 bits per heavy atom. The fourth-order valence-electron chi connectivity index (χ4n) is 4.57. The maximum atomic E-state index is 12.9. The first-order chi connectivity index (χ1) is 11.8. The van der Waals surface area contributed by atoms with Gasteiger partial charge in [-0.1, -0.05) is 12.1 Å². The molecule has 2 aliphatic heterocycles. The van der Waals surface area contributed by atoms with Crippen LogP contribution in [0.1, 0.15) is 32.1 Å². The van der Waals surface area contributed by atoms with Crippen LogP contribution in [0.5, 0.6) is 5.75 Å². The molecular weight excluding hydrogens is 304 g/mol. The van der Waals surface area contributed by atoms with Crippen LogP contribution >= 0.6 is 0 Å². The number of hydrogen-bond acceptors (Lipinski definition) is 4. The predicted octanol–water partition coefficient (Wildman–Crippen LogP) is 2.35. The molecule has 0 unspecified atom stereocenters. The Kier molecular flexibility index (Phi) is 4.46. The lowest BCUT2D eigenvalue weighted by atomic mass is 9.81. The highest BCUT2D eigenvalue weighted by Gasteiger charge is 2.41. The van der Waals surface area contributed by atoms with Gasteiger partial charge < -0.3 is 19.7 Å². The Balaban J connectivity index is 1.45. The highest BCUT2D eigenvalue weighted by molar-refractivity contribution is 6.00. The fourth-order valence-corrected chi connectivity index (χ4v) is 4.57. The number of methoxy groups -OCH3 is 1. The zero-order chi connectivity index (χ0) is 16.5. The lowest BCUT2D eigenvalue weighted by molar-refractivity contribution is -0.119. The van der Waals surface area contributed by atoms with E-state index in [4.69, 9.17) is 9.47 Å². The van der Waals surface area contributed by atoms with Crippen molar-refractivity contribution in [3.63, 3.8) is 0 Å². The van der Waals surface area contributed by atoms with Gasteiger partial charge in [-0.3, -0.25) is 4.79 Å². The van der Waals surface area contributed by atoms with E-state index in [1.165, 1.54) is 12.8 Å². The summed E-state index contributed by atoms with van der Waals surface area (Å²) < 4.78 is 11.3. The average molecular weight is 330 g/mol.